The number of nitrogens with one attached hydrogen (secondary N) is 2. The van der Waals surface area contributed by atoms with E-state index in [1.165, 1.54) is 11.3 Å². The minimum Gasteiger partial charge on any atom is -0.376 e. The normalized spacial score (nSPS) is 17.6. The summed E-state index contributed by atoms with van der Waals surface area (Å²) in [6, 6.07) is 10.3. The maximum absolute atomic E-state index is 11.8. The van der Waals surface area contributed by atoms with E-state index >= 15 is 0 Å². The first kappa shape index (κ1) is 20.6. The number of carbonyl (C=O) groups is 1. The maximum Gasteiger partial charge on any atom is 0.243 e. The van der Waals surface area contributed by atoms with E-state index in [4.69, 9.17) is 4.74 Å². The molecule has 144 valence electrons. The number of aliphatic imine (C=N–C) groups is 1. The fourth-order valence-electron chi connectivity index (χ4n) is 2.50. The maximum atomic E-state index is 11.8. The Labute approximate surface area is 160 Å². The van der Waals surface area contributed by atoms with Crippen LogP contribution in [0.15, 0.2) is 40.2 Å². The van der Waals surface area contributed by atoms with Gasteiger partial charge in [0.15, 0.2) is 5.96 Å². The van der Waals surface area contributed by atoms with Crippen LogP contribution in [-0.4, -0.2) is 69.0 Å². The molecule has 0 aliphatic carbocycles. The van der Waals surface area contributed by atoms with Gasteiger partial charge in [-0.25, -0.2) is 4.99 Å². The number of guanidine groups is 1. The molecule has 0 radical (unpaired) electrons. The number of amides is 1. The standard InChI is InChI=1S/C19H30N4O2S/c1-23(2)18(24)15-22-19(21-14-16-8-6-7-12-25-16)20-11-13-26-17-9-4-3-5-10-17/h3-5,9-10,16H,6-8,11-15H2,1-2H3,(H2,20,21,22). The lowest BCUT2D eigenvalue weighted by atomic mass is 10.1. The highest BCUT2D eigenvalue weighted by molar-refractivity contribution is 7.99. The van der Waals surface area contributed by atoms with Gasteiger partial charge in [0, 0.05) is 44.4 Å². The summed E-state index contributed by atoms with van der Waals surface area (Å²) >= 11 is 1.79. The molecule has 1 aliphatic rings. The van der Waals surface area contributed by atoms with E-state index in [0.717, 1.165) is 31.7 Å². The summed E-state index contributed by atoms with van der Waals surface area (Å²) in [6.45, 7) is 2.46. The van der Waals surface area contributed by atoms with E-state index < -0.39 is 0 Å². The van der Waals surface area contributed by atoms with Gasteiger partial charge < -0.3 is 20.3 Å². The Balaban J connectivity index is 1.78. The van der Waals surface area contributed by atoms with E-state index in [9.17, 15) is 4.79 Å². The Bertz CT molecular complexity index is 560. The zero-order chi connectivity index (χ0) is 18.6. The van der Waals surface area contributed by atoms with Crippen molar-refractivity contribution < 1.29 is 9.53 Å². The van der Waals surface area contributed by atoms with Crippen LogP contribution in [0.25, 0.3) is 0 Å². The molecule has 7 heteroatoms. The number of likely N-dealkylation sites (N-methyl/N-ethyl adjacent to an activating group) is 1. The fourth-order valence-corrected chi connectivity index (χ4v) is 3.29. The Morgan fingerprint density at radius 2 is 2.08 bits per heavy atom. The first-order valence-corrected chi connectivity index (χ1v) is 10.2. The van der Waals surface area contributed by atoms with Crippen LogP contribution in [0.5, 0.6) is 0 Å². The van der Waals surface area contributed by atoms with Crippen molar-refractivity contribution in [2.24, 2.45) is 4.99 Å². The number of hydrogen-bond donors (Lipinski definition) is 2. The summed E-state index contributed by atoms with van der Waals surface area (Å²) < 4.78 is 5.75. The van der Waals surface area contributed by atoms with Gasteiger partial charge in [-0.15, -0.1) is 11.8 Å². The molecule has 1 aromatic carbocycles. The first-order valence-electron chi connectivity index (χ1n) is 9.17. The highest BCUT2D eigenvalue weighted by Crippen LogP contribution is 2.15. The van der Waals surface area contributed by atoms with Crippen molar-refractivity contribution in [3.8, 4) is 0 Å². The van der Waals surface area contributed by atoms with Crippen molar-refractivity contribution in [1.82, 2.24) is 15.5 Å². The third-order valence-electron chi connectivity index (χ3n) is 4.05. The van der Waals surface area contributed by atoms with Crippen molar-refractivity contribution in [3.63, 3.8) is 0 Å². The Hall–Kier alpha value is -1.73. The molecule has 1 saturated heterocycles. The molecule has 0 saturated carbocycles. The summed E-state index contributed by atoms with van der Waals surface area (Å²) in [5.41, 5.74) is 0. The van der Waals surface area contributed by atoms with Crippen LogP contribution in [0, 0.1) is 0 Å². The van der Waals surface area contributed by atoms with Crippen LogP contribution in [0.1, 0.15) is 19.3 Å². The number of rotatable bonds is 8. The molecule has 1 fully saturated rings. The highest BCUT2D eigenvalue weighted by Gasteiger charge is 2.14. The Morgan fingerprint density at radius 3 is 2.77 bits per heavy atom. The molecular weight excluding hydrogens is 348 g/mol. The molecule has 1 unspecified atom stereocenters. The molecule has 0 bridgehead atoms. The molecule has 26 heavy (non-hydrogen) atoms. The van der Waals surface area contributed by atoms with E-state index in [-0.39, 0.29) is 18.6 Å². The monoisotopic (exact) mass is 378 g/mol. The average molecular weight is 379 g/mol. The number of benzene rings is 1. The molecule has 1 aromatic rings. The van der Waals surface area contributed by atoms with E-state index in [2.05, 4.69) is 27.8 Å². The second kappa shape index (κ2) is 11.8. The summed E-state index contributed by atoms with van der Waals surface area (Å²) in [5.74, 6) is 1.58. The van der Waals surface area contributed by atoms with Crippen LogP contribution in [-0.2, 0) is 9.53 Å². The SMILES string of the molecule is CN(C)C(=O)CN=C(NCCSc1ccccc1)NCC1CCCCO1. The lowest BCUT2D eigenvalue weighted by Crippen LogP contribution is -2.43. The quantitative estimate of drug-likeness (QED) is 0.313. The van der Waals surface area contributed by atoms with Gasteiger partial charge in [-0.2, -0.15) is 0 Å². The Kier molecular flexibility index (Phi) is 9.34. The molecule has 2 N–H and O–H groups in total. The average Bonchev–Trinajstić information content (AvgIpc) is 2.67. The molecule has 1 amide bonds. The zero-order valence-electron chi connectivity index (χ0n) is 15.7. The van der Waals surface area contributed by atoms with Gasteiger partial charge in [0.05, 0.1) is 6.10 Å². The summed E-state index contributed by atoms with van der Waals surface area (Å²) in [4.78, 5) is 19.0. The predicted octanol–water partition coefficient (Wildman–Crippen LogP) is 1.97. The highest BCUT2D eigenvalue weighted by atomic mass is 32.2. The van der Waals surface area contributed by atoms with Crippen molar-refractivity contribution in [2.45, 2.75) is 30.3 Å². The lowest BCUT2D eigenvalue weighted by molar-refractivity contribution is -0.127. The van der Waals surface area contributed by atoms with E-state index in [0.29, 0.717) is 12.5 Å². The Morgan fingerprint density at radius 1 is 1.27 bits per heavy atom. The van der Waals surface area contributed by atoms with Gasteiger partial charge in [-0.3, -0.25) is 4.79 Å². The van der Waals surface area contributed by atoms with E-state index in [1.807, 2.05) is 18.2 Å². The number of ether oxygens (including phenoxy) is 1. The molecular formula is C19H30N4O2S. The molecule has 6 nitrogen and oxygen atoms in total. The largest absolute Gasteiger partial charge is 0.376 e. The lowest BCUT2D eigenvalue weighted by Gasteiger charge is -2.24. The number of nitrogens with zero attached hydrogens (tertiary/aromatic N) is 2. The summed E-state index contributed by atoms with van der Waals surface area (Å²) in [5, 5.41) is 6.63. The second-order valence-corrected chi connectivity index (χ2v) is 7.58. The molecule has 1 heterocycles. The van der Waals surface area contributed by atoms with Gasteiger partial charge >= 0.3 is 0 Å². The molecule has 1 aliphatic heterocycles. The van der Waals surface area contributed by atoms with Gasteiger partial charge in [0.25, 0.3) is 0 Å². The topological polar surface area (TPSA) is 66.0 Å². The molecule has 0 aromatic heterocycles. The third kappa shape index (κ3) is 8.10. The third-order valence-corrected chi connectivity index (χ3v) is 5.06. The van der Waals surface area contributed by atoms with Crippen molar-refractivity contribution in [1.29, 1.82) is 0 Å². The van der Waals surface area contributed by atoms with E-state index in [1.54, 1.807) is 30.8 Å². The predicted molar refractivity (Wildman–Crippen MR) is 108 cm³/mol. The minimum absolute atomic E-state index is 0.0151. The van der Waals surface area contributed by atoms with Crippen LogP contribution >= 0.6 is 11.8 Å². The van der Waals surface area contributed by atoms with Crippen molar-refractivity contribution in [2.75, 3.05) is 46.1 Å². The van der Waals surface area contributed by atoms with Crippen LogP contribution in [0.4, 0.5) is 0 Å². The number of hydrogen-bond acceptors (Lipinski definition) is 4. The van der Waals surface area contributed by atoms with Crippen molar-refractivity contribution in [3.05, 3.63) is 30.3 Å². The minimum atomic E-state index is -0.0151. The summed E-state index contributed by atoms with van der Waals surface area (Å²) in [6.07, 6.45) is 3.64. The van der Waals surface area contributed by atoms with Crippen LogP contribution in [0.3, 0.4) is 0 Å². The van der Waals surface area contributed by atoms with Gasteiger partial charge in [-0.1, -0.05) is 18.2 Å². The molecule has 0 spiro atoms. The van der Waals surface area contributed by atoms with Crippen LogP contribution < -0.4 is 10.6 Å². The number of thioether (sulfide) groups is 1. The second-order valence-electron chi connectivity index (χ2n) is 6.41. The zero-order valence-corrected chi connectivity index (χ0v) is 16.6. The van der Waals surface area contributed by atoms with Gasteiger partial charge in [0.1, 0.15) is 6.54 Å². The van der Waals surface area contributed by atoms with Gasteiger partial charge in [-0.05, 0) is 31.4 Å². The molecule has 2 rings (SSSR count). The fraction of sp³-hybridized carbons (Fsp3) is 0.579. The first-order chi connectivity index (χ1) is 12.6. The van der Waals surface area contributed by atoms with Crippen molar-refractivity contribution >= 4 is 23.6 Å². The summed E-state index contributed by atoms with van der Waals surface area (Å²) in [7, 11) is 3.48. The van der Waals surface area contributed by atoms with Gasteiger partial charge in [0.2, 0.25) is 5.91 Å². The molecule has 1 atom stereocenters. The number of carbonyl (C=O) groups excluding carboxylic acids is 1. The van der Waals surface area contributed by atoms with Crippen LogP contribution in [0.2, 0.25) is 0 Å². The smallest absolute Gasteiger partial charge is 0.243 e.